The summed E-state index contributed by atoms with van der Waals surface area (Å²) < 4.78 is 18.1. The van der Waals surface area contributed by atoms with Crippen molar-refractivity contribution in [1.29, 1.82) is 0 Å². The average Bonchev–Trinajstić information content (AvgIpc) is 3.24. The Morgan fingerprint density at radius 3 is 2.65 bits per heavy atom. The highest BCUT2D eigenvalue weighted by atomic mass is 32.1. The van der Waals surface area contributed by atoms with Crippen LogP contribution in [0.15, 0.2) is 29.6 Å². The highest BCUT2D eigenvalue weighted by Gasteiger charge is 2.28. The number of halogens is 1. The number of likely N-dealkylation sites (tertiary alicyclic amines) is 1. The van der Waals surface area contributed by atoms with Crippen molar-refractivity contribution in [3.05, 3.63) is 51.7 Å². The molecule has 2 amide bonds. The Morgan fingerprint density at radius 1 is 1.32 bits per heavy atom. The van der Waals surface area contributed by atoms with Crippen LogP contribution in [-0.4, -0.2) is 47.1 Å². The molecule has 164 valence electrons. The van der Waals surface area contributed by atoms with E-state index in [4.69, 9.17) is 11.2 Å². The van der Waals surface area contributed by atoms with Crippen LogP contribution in [0.1, 0.15) is 53.7 Å². The molecule has 8 heteroatoms. The number of rotatable bonds is 6. The van der Waals surface area contributed by atoms with Gasteiger partial charge in [-0.15, -0.1) is 17.8 Å². The van der Waals surface area contributed by atoms with E-state index in [2.05, 4.69) is 16.2 Å². The van der Waals surface area contributed by atoms with Crippen molar-refractivity contribution in [3.8, 4) is 12.3 Å². The monoisotopic (exact) mass is 443 g/mol. The second-order valence-corrected chi connectivity index (χ2v) is 9.12. The fourth-order valence-corrected chi connectivity index (χ4v) is 4.58. The maximum absolute atomic E-state index is 13.1. The number of piperidine rings is 1. The van der Waals surface area contributed by atoms with Crippen LogP contribution in [0, 0.1) is 18.2 Å². The smallest absolute Gasteiger partial charge is 0.410 e. The fraction of sp³-hybridized carbons (Fsp3) is 0.435. The molecule has 0 saturated carbocycles. The number of carbonyl (C=O) groups is 2. The molecule has 1 N–H and O–H groups in total. The molecular formula is C23H26FN3O3S. The molecule has 1 aliphatic heterocycles. The number of amides is 2. The van der Waals surface area contributed by atoms with Gasteiger partial charge in [0, 0.05) is 29.9 Å². The third-order valence-electron chi connectivity index (χ3n) is 5.15. The molecule has 1 fully saturated rings. The lowest BCUT2D eigenvalue weighted by atomic mass is 9.94. The lowest BCUT2D eigenvalue weighted by molar-refractivity contribution is 0.0908. The van der Waals surface area contributed by atoms with Crippen LogP contribution in [0.5, 0.6) is 0 Å². The summed E-state index contributed by atoms with van der Waals surface area (Å²) in [6, 6.07) is 6.28. The van der Waals surface area contributed by atoms with Crippen LogP contribution in [0.25, 0.3) is 0 Å². The summed E-state index contributed by atoms with van der Waals surface area (Å²) >= 11 is 1.46. The average molecular weight is 444 g/mol. The first kappa shape index (κ1) is 22.8. The lowest BCUT2D eigenvalue weighted by Crippen LogP contribution is -2.45. The predicted molar refractivity (Wildman–Crippen MR) is 117 cm³/mol. The van der Waals surface area contributed by atoms with Gasteiger partial charge in [-0.3, -0.25) is 4.79 Å². The summed E-state index contributed by atoms with van der Waals surface area (Å²) in [6.07, 6.45) is 6.82. The third kappa shape index (κ3) is 6.28. The van der Waals surface area contributed by atoms with E-state index in [1.165, 1.54) is 23.5 Å². The normalized spacial score (nSPS) is 14.7. The van der Waals surface area contributed by atoms with Gasteiger partial charge >= 0.3 is 6.09 Å². The number of thiazole rings is 1. The highest BCUT2D eigenvalue weighted by molar-refractivity contribution is 7.09. The minimum Gasteiger partial charge on any atom is -0.436 e. The second kappa shape index (κ2) is 9.92. The molecule has 2 aromatic rings. The standard InChI is InChI=1S/C23H26FN3O3S/c1-4-13-30-22(29)27-11-9-17(10-12-27)21-25-19(15-31-21)20(28)26-23(2,3)14-16-5-7-18(24)8-6-16/h1,5-8,15,17H,9-14H2,2-3H3,(H,26,28). The minimum atomic E-state index is -0.511. The van der Waals surface area contributed by atoms with Gasteiger partial charge < -0.3 is 15.0 Å². The van der Waals surface area contributed by atoms with Crippen LogP contribution in [0.4, 0.5) is 9.18 Å². The molecule has 1 saturated heterocycles. The summed E-state index contributed by atoms with van der Waals surface area (Å²) in [6.45, 7) is 4.97. The van der Waals surface area contributed by atoms with E-state index in [-0.39, 0.29) is 30.3 Å². The third-order valence-corrected chi connectivity index (χ3v) is 6.15. The maximum Gasteiger partial charge on any atom is 0.410 e. The van der Waals surface area contributed by atoms with Gasteiger partial charge in [0.15, 0.2) is 6.61 Å². The Balaban J connectivity index is 1.54. The number of aromatic nitrogens is 1. The molecular weight excluding hydrogens is 417 g/mol. The predicted octanol–water partition coefficient (Wildman–Crippen LogP) is 3.98. The zero-order valence-electron chi connectivity index (χ0n) is 17.7. The molecule has 0 spiro atoms. The van der Waals surface area contributed by atoms with E-state index in [9.17, 15) is 14.0 Å². The first-order valence-corrected chi connectivity index (χ1v) is 11.0. The summed E-state index contributed by atoms with van der Waals surface area (Å²) in [5.74, 6) is 1.98. The summed E-state index contributed by atoms with van der Waals surface area (Å²) in [7, 11) is 0. The number of hydrogen-bond acceptors (Lipinski definition) is 5. The van der Waals surface area contributed by atoms with Crippen LogP contribution >= 0.6 is 11.3 Å². The molecule has 3 rings (SSSR count). The van der Waals surface area contributed by atoms with Crippen LogP contribution < -0.4 is 5.32 Å². The molecule has 0 bridgehead atoms. The zero-order valence-corrected chi connectivity index (χ0v) is 18.5. The number of nitrogens with one attached hydrogen (secondary N) is 1. The van der Waals surface area contributed by atoms with Crippen molar-refractivity contribution in [3.63, 3.8) is 0 Å². The molecule has 0 atom stereocenters. The van der Waals surface area contributed by atoms with E-state index < -0.39 is 5.54 Å². The topological polar surface area (TPSA) is 71.5 Å². The van der Waals surface area contributed by atoms with Crippen molar-refractivity contribution in [2.45, 2.75) is 44.6 Å². The van der Waals surface area contributed by atoms with Gasteiger partial charge in [-0.1, -0.05) is 18.1 Å². The molecule has 1 aromatic heterocycles. The molecule has 1 aliphatic rings. The molecule has 6 nitrogen and oxygen atoms in total. The van der Waals surface area contributed by atoms with Crippen molar-refractivity contribution >= 4 is 23.3 Å². The Hall–Kier alpha value is -2.92. The van der Waals surface area contributed by atoms with E-state index in [1.807, 2.05) is 13.8 Å². The Bertz CT molecular complexity index is 957. The molecule has 0 radical (unpaired) electrons. The number of nitrogens with zero attached hydrogens (tertiary/aromatic N) is 2. The Morgan fingerprint density at radius 2 is 2.00 bits per heavy atom. The lowest BCUT2D eigenvalue weighted by Gasteiger charge is -2.30. The Kier molecular flexibility index (Phi) is 7.29. The number of benzene rings is 1. The van der Waals surface area contributed by atoms with Gasteiger partial charge in [-0.25, -0.2) is 14.2 Å². The molecule has 0 aliphatic carbocycles. The first-order valence-electron chi connectivity index (χ1n) is 10.1. The first-order chi connectivity index (χ1) is 14.8. The van der Waals surface area contributed by atoms with Gasteiger partial charge in [0.25, 0.3) is 5.91 Å². The molecule has 0 unspecified atom stereocenters. The minimum absolute atomic E-state index is 0.0266. The maximum atomic E-state index is 13.1. The number of hydrogen-bond donors (Lipinski definition) is 1. The number of terminal acetylenes is 1. The second-order valence-electron chi connectivity index (χ2n) is 8.23. The summed E-state index contributed by atoms with van der Waals surface area (Å²) in [5, 5.41) is 5.69. The van der Waals surface area contributed by atoms with Crippen LogP contribution in [0.2, 0.25) is 0 Å². The molecule has 1 aromatic carbocycles. The van der Waals surface area contributed by atoms with E-state index in [0.29, 0.717) is 25.2 Å². The zero-order chi connectivity index (χ0) is 22.4. The molecule has 31 heavy (non-hydrogen) atoms. The Labute approximate surface area is 185 Å². The SMILES string of the molecule is C#CCOC(=O)N1CCC(c2nc(C(=O)NC(C)(C)Cc3ccc(F)cc3)cs2)CC1. The van der Waals surface area contributed by atoms with Gasteiger partial charge in [0.2, 0.25) is 0 Å². The molecule has 2 heterocycles. The van der Waals surface area contributed by atoms with Crippen molar-refractivity contribution < 1.29 is 18.7 Å². The van der Waals surface area contributed by atoms with Crippen molar-refractivity contribution in [2.24, 2.45) is 0 Å². The quantitative estimate of drug-likeness (QED) is 0.686. The van der Waals surface area contributed by atoms with Crippen molar-refractivity contribution in [2.75, 3.05) is 19.7 Å². The van der Waals surface area contributed by atoms with E-state index in [1.54, 1.807) is 22.4 Å². The van der Waals surface area contributed by atoms with Gasteiger partial charge in [0.1, 0.15) is 11.5 Å². The highest BCUT2D eigenvalue weighted by Crippen LogP contribution is 2.30. The van der Waals surface area contributed by atoms with Gasteiger partial charge in [0.05, 0.1) is 5.01 Å². The van der Waals surface area contributed by atoms with Gasteiger partial charge in [-0.2, -0.15) is 0 Å². The van der Waals surface area contributed by atoms with Gasteiger partial charge in [-0.05, 0) is 50.8 Å². The van der Waals surface area contributed by atoms with E-state index >= 15 is 0 Å². The van der Waals surface area contributed by atoms with Crippen molar-refractivity contribution in [1.82, 2.24) is 15.2 Å². The summed E-state index contributed by atoms with van der Waals surface area (Å²) in [4.78, 5) is 30.8. The van der Waals surface area contributed by atoms with Crippen LogP contribution in [-0.2, 0) is 11.2 Å². The van der Waals surface area contributed by atoms with Crippen LogP contribution in [0.3, 0.4) is 0 Å². The van der Waals surface area contributed by atoms with E-state index in [0.717, 1.165) is 23.4 Å². The fourth-order valence-electron chi connectivity index (χ4n) is 3.61. The number of carbonyl (C=O) groups excluding carboxylic acids is 2. The number of ether oxygens (including phenoxy) is 1. The largest absolute Gasteiger partial charge is 0.436 e. The summed E-state index contributed by atoms with van der Waals surface area (Å²) in [5.41, 5.74) is 0.823.